The summed E-state index contributed by atoms with van der Waals surface area (Å²) in [5, 5.41) is 12.0. The summed E-state index contributed by atoms with van der Waals surface area (Å²) < 4.78 is 0. The molecule has 1 atom stereocenters. The monoisotopic (exact) mass is 269 g/mol. The first-order chi connectivity index (χ1) is 8.45. The van der Waals surface area contributed by atoms with Gasteiger partial charge < -0.3 is 10.4 Å². The Morgan fingerprint density at radius 2 is 2.11 bits per heavy atom. The molecule has 0 bridgehead atoms. The van der Waals surface area contributed by atoms with Crippen LogP contribution in [0.4, 0.5) is 0 Å². The number of carboxylic acid groups (broad SMARTS) is 1. The lowest BCUT2D eigenvalue weighted by atomic mass is 10.1. The first-order valence-electron chi connectivity index (χ1n) is 5.75. The number of nitrogens with one attached hydrogen (secondary N) is 1. The third kappa shape index (κ3) is 3.74. The zero-order valence-electron chi connectivity index (χ0n) is 10.4. The van der Waals surface area contributed by atoms with Gasteiger partial charge >= 0.3 is 5.97 Å². The molecule has 0 fully saturated rings. The Kier molecular flexibility index (Phi) is 5.16. The van der Waals surface area contributed by atoms with Crippen molar-refractivity contribution in [2.45, 2.75) is 32.7 Å². The zero-order valence-corrected chi connectivity index (χ0v) is 11.1. The molecule has 0 aliphatic carbocycles. The molecule has 2 N–H and O–H groups in total. The number of halogens is 1. The molecule has 1 amide bonds. The summed E-state index contributed by atoms with van der Waals surface area (Å²) >= 11 is 5.80. The van der Waals surface area contributed by atoms with E-state index in [0.29, 0.717) is 23.4 Å². The number of aryl methyl sites for hydroxylation is 1. The van der Waals surface area contributed by atoms with E-state index in [1.165, 1.54) is 0 Å². The smallest absolute Gasteiger partial charge is 0.326 e. The number of carbonyl (C=O) groups is 2. The molecule has 0 aliphatic rings. The second kappa shape index (κ2) is 6.40. The molecule has 0 spiro atoms. The lowest BCUT2D eigenvalue weighted by molar-refractivity contribution is -0.139. The summed E-state index contributed by atoms with van der Waals surface area (Å²) in [7, 11) is 0. The Hall–Kier alpha value is -1.55. The van der Waals surface area contributed by atoms with Gasteiger partial charge in [-0.1, -0.05) is 24.9 Å². The summed E-state index contributed by atoms with van der Waals surface area (Å²) in [6.07, 6.45) is 1.10. The third-order valence-electron chi connectivity index (χ3n) is 2.61. The molecular formula is C13H16ClNO3. The maximum atomic E-state index is 11.9. The molecular weight excluding hydrogens is 254 g/mol. The number of benzene rings is 1. The van der Waals surface area contributed by atoms with Crippen LogP contribution in [-0.2, 0) is 4.79 Å². The van der Waals surface area contributed by atoms with E-state index < -0.39 is 12.0 Å². The van der Waals surface area contributed by atoms with Crippen molar-refractivity contribution in [3.05, 3.63) is 34.3 Å². The molecule has 4 nitrogen and oxygen atoms in total. The molecule has 1 aromatic rings. The maximum Gasteiger partial charge on any atom is 0.326 e. The fourth-order valence-corrected chi connectivity index (χ4v) is 1.89. The summed E-state index contributed by atoms with van der Waals surface area (Å²) in [5.74, 6) is -1.40. The van der Waals surface area contributed by atoms with E-state index in [9.17, 15) is 9.59 Å². The van der Waals surface area contributed by atoms with Gasteiger partial charge in [0.2, 0.25) is 0 Å². The van der Waals surface area contributed by atoms with Gasteiger partial charge in [-0.15, -0.1) is 0 Å². The fourth-order valence-electron chi connectivity index (χ4n) is 1.66. The van der Waals surface area contributed by atoms with E-state index >= 15 is 0 Å². The van der Waals surface area contributed by atoms with Crippen LogP contribution >= 0.6 is 11.6 Å². The number of aliphatic carboxylic acids is 1. The van der Waals surface area contributed by atoms with E-state index in [4.69, 9.17) is 16.7 Å². The molecule has 1 aromatic carbocycles. The quantitative estimate of drug-likeness (QED) is 0.863. The zero-order chi connectivity index (χ0) is 13.7. The lowest BCUT2D eigenvalue weighted by Gasteiger charge is -2.14. The summed E-state index contributed by atoms with van der Waals surface area (Å²) in [5.41, 5.74) is 1.17. The average molecular weight is 270 g/mol. The molecule has 98 valence electrons. The second-order valence-electron chi connectivity index (χ2n) is 4.11. The van der Waals surface area contributed by atoms with Crippen LogP contribution in [-0.4, -0.2) is 23.0 Å². The number of carbonyl (C=O) groups excluding carboxylic acids is 1. The van der Waals surface area contributed by atoms with Crippen molar-refractivity contribution in [3.8, 4) is 0 Å². The summed E-state index contributed by atoms with van der Waals surface area (Å²) in [6.45, 7) is 3.63. The molecule has 1 unspecified atom stereocenters. The van der Waals surface area contributed by atoms with Crippen LogP contribution in [0.1, 0.15) is 35.7 Å². The Morgan fingerprint density at radius 1 is 1.44 bits per heavy atom. The predicted octanol–water partition coefficient (Wildman–Crippen LogP) is 2.63. The van der Waals surface area contributed by atoms with Gasteiger partial charge in [0.1, 0.15) is 6.04 Å². The van der Waals surface area contributed by atoms with Crippen molar-refractivity contribution in [2.75, 3.05) is 0 Å². The molecule has 5 heteroatoms. The van der Waals surface area contributed by atoms with E-state index in [1.807, 2.05) is 6.92 Å². The normalized spacial score (nSPS) is 11.9. The highest BCUT2D eigenvalue weighted by atomic mass is 35.5. The Bertz CT molecular complexity index is 460. The van der Waals surface area contributed by atoms with E-state index in [0.717, 1.165) is 5.56 Å². The maximum absolute atomic E-state index is 11.9. The first kappa shape index (κ1) is 14.5. The SMILES string of the molecule is CCCC(NC(=O)c1ccc(Cl)cc1C)C(=O)O. The highest BCUT2D eigenvalue weighted by Gasteiger charge is 2.20. The van der Waals surface area contributed by atoms with Crippen molar-refractivity contribution in [1.82, 2.24) is 5.32 Å². The minimum absolute atomic E-state index is 0.384. The van der Waals surface area contributed by atoms with Gasteiger partial charge in [-0.2, -0.15) is 0 Å². The highest BCUT2D eigenvalue weighted by molar-refractivity contribution is 6.30. The van der Waals surface area contributed by atoms with Crippen LogP contribution in [0.3, 0.4) is 0 Å². The Labute approximate surface area is 111 Å². The Morgan fingerprint density at radius 3 is 2.61 bits per heavy atom. The second-order valence-corrected chi connectivity index (χ2v) is 4.55. The molecule has 18 heavy (non-hydrogen) atoms. The van der Waals surface area contributed by atoms with Crippen LogP contribution in [0, 0.1) is 6.92 Å². The molecule has 0 heterocycles. The molecule has 0 radical (unpaired) electrons. The Balaban J connectivity index is 2.83. The minimum Gasteiger partial charge on any atom is -0.480 e. The standard InChI is InChI=1S/C13H16ClNO3/c1-3-4-11(13(17)18)15-12(16)10-6-5-9(14)7-8(10)2/h5-7,11H,3-4H2,1-2H3,(H,15,16)(H,17,18). The summed E-state index contributed by atoms with van der Waals surface area (Å²) in [4.78, 5) is 22.9. The number of hydrogen-bond donors (Lipinski definition) is 2. The van der Waals surface area contributed by atoms with Gasteiger partial charge in [0.05, 0.1) is 0 Å². The van der Waals surface area contributed by atoms with Gasteiger partial charge in [0.25, 0.3) is 5.91 Å². The summed E-state index contributed by atoms with van der Waals surface area (Å²) in [6, 6.07) is 4.03. The molecule has 0 saturated carbocycles. The van der Waals surface area contributed by atoms with E-state index in [1.54, 1.807) is 25.1 Å². The van der Waals surface area contributed by atoms with Crippen molar-refractivity contribution in [3.63, 3.8) is 0 Å². The minimum atomic E-state index is -1.02. The van der Waals surface area contributed by atoms with Gasteiger partial charge in [0, 0.05) is 10.6 Å². The number of hydrogen-bond acceptors (Lipinski definition) is 2. The largest absolute Gasteiger partial charge is 0.480 e. The molecule has 0 saturated heterocycles. The van der Waals surface area contributed by atoms with Crippen molar-refractivity contribution in [1.29, 1.82) is 0 Å². The van der Waals surface area contributed by atoms with Gasteiger partial charge in [0.15, 0.2) is 0 Å². The van der Waals surface area contributed by atoms with Gasteiger partial charge in [-0.3, -0.25) is 4.79 Å². The first-order valence-corrected chi connectivity index (χ1v) is 6.13. The van der Waals surface area contributed by atoms with E-state index in [-0.39, 0.29) is 5.91 Å². The fraction of sp³-hybridized carbons (Fsp3) is 0.385. The van der Waals surface area contributed by atoms with Crippen molar-refractivity contribution >= 4 is 23.5 Å². The van der Waals surface area contributed by atoms with Crippen molar-refractivity contribution in [2.24, 2.45) is 0 Å². The van der Waals surface area contributed by atoms with Crippen molar-refractivity contribution < 1.29 is 14.7 Å². The molecule has 0 aromatic heterocycles. The van der Waals surface area contributed by atoms with E-state index in [2.05, 4.69) is 5.32 Å². The number of carboxylic acids is 1. The third-order valence-corrected chi connectivity index (χ3v) is 2.85. The van der Waals surface area contributed by atoms with Gasteiger partial charge in [-0.25, -0.2) is 4.79 Å². The highest BCUT2D eigenvalue weighted by Crippen LogP contribution is 2.15. The molecule has 1 rings (SSSR count). The number of rotatable bonds is 5. The van der Waals surface area contributed by atoms with Crippen LogP contribution in [0.25, 0.3) is 0 Å². The van der Waals surface area contributed by atoms with Gasteiger partial charge in [-0.05, 0) is 37.1 Å². The van der Waals surface area contributed by atoms with Crippen LogP contribution in [0.2, 0.25) is 5.02 Å². The lowest BCUT2D eigenvalue weighted by Crippen LogP contribution is -2.40. The average Bonchev–Trinajstić information content (AvgIpc) is 2.27. The van der Waals surface area contributed by atoms with Crippen LogP contribution in [0.15, 0.2) is 18.2 Å². The van der Waals surface area contributed by atoms with Crippen LogP contribution in [0.5, 0.6) is 0 Å². The number of amides is 1. The topological polar surface area (TPSA) is 66.4 Å². The molecule has 0 aliphatic heterocycles. The van der Waals surface area contributed by atoms with Crippen LogP contribution < -0.4 is 5.32 Å². The predicted molar refractivity (Wildman–Crippen MR) is 70.0 cm³/mol.